The van der Waals surface area contributed by atoms with Crippen molar-refractivity contribution in [1.82, 2.24) is 10.6 Å². The Hall–Kier alpha value is -1.02. The Morgan fingerprint density at radius 1 is 1.13 bits per heavy atom. The molecule has 0 saturated heterocycles. The summed E-state index contributed by atoms with van der Waals surface area (Å²) in [4.78, 5) is 6.59. The van der Waals surface area contributed by atoms with Crippen LogP contribution in [0.1, 0.15) is 20.3 Å². The maximum Gasteiger partial charge on any atom is 0.191 e. The van der Waals surface area contributed by atoms with E-state index in [0.29, 0.717) is 6.61 Å². The lowest BCUT2D eigenvalue weighted by Crippen LogP contribution is -2.40. The monoisotopic (exact) mass is 434 g/mol. The quantitative estimate of drug-likeness (QED) is 0.257. The predicted octanol–water partition coefficient (Wildman–Crippen LogP) is 2.72. The number of hydrogen-bond donors (Lipinski definition) is 2. The van der Waals surface area contributed by atoms with Gasteiger partial charge in [-0.3, -0.25) is 4.99 Å². The third kappa shape index (κ3) is 9.65. The Balaban J connectivity index is 0.00000484. The number of para-hydroxylation sites is 1. The molecule has 0 heterocycles. The summed E-state index contributed by atoms with van der Waals surface area (Å²) in [7, 11) is 1.79. The van der Waals surface area contributed by atoms with Gasteiger partial charge in [-0.05, 0) is 32.4 Å². The molecule has 0 saturated carbocycles. The van der Waals surface area contributed by atoms with Crippen LogP contribution in [-0.4, -0.2) is 52.4 Å². The summed E-state index contributed by atoms with van der Waals surface area (Å²) in [6.45, 7) is 9.37. The average molecular weight is 434 g/mol. The molecule has 0 aliphatic rings. The van der Waals surface area contributed by atoms with E-state index < -0.39 is 0 Å². The van der Waals surface area contributed by atoms with E-state index in [1.165, 1.54) is 5.69 Å². The average Bonchev–Trinajstić information content (AvgIpc) is 2.57. The van der Waals surface area contributed by atoms with Crippen molar-refractivity contribution in [2.45, 2.75) is 20.3 Å². The van der Waals surface area contributed by atoms with Crippen molar-refractivity contribution in [2.24, 2.45) is 4.99 Å². The molecular formula is C17H31IN4O. The van der Waals surface area contributed by atoms with Crippen LogP contribution in [0.2, 0.25) is 0 Å². The van der Waals surface area contributed by atoms with Gasteiger partial charge in [-0.1, -0.05) is 18.2 Å². The summed E-state index contributed by atoms with van der Waals surface area (Å²) in [6, 6.07) is 10.5. The first-order valence-electron chi connectivity index (χ1n) is 8.14. The standard InChI is InChI=1S/C17H30N4O.HI/c1-4-21(16-10-7-6-8-11-16)14-9-12-19-17(18-3)20-13-15-22-5-2;/h6-8,10-11H,4-5,9,12-15H2,1-3H3,(H2,18,19,20);1H. The van der Waals surface area contributed by atoms with Crippen molar-refractivity contribution in [3.05, 3.63) is 30.3 Å². The number of rotatable bonds is 10. The number of ether oxygens (including phenoxy) is 1. The van der Waals surface area contributed by atoms with Gasteiger partial charge < -0.3 is 20.3 Å². The Morgan fingerprint density at radius 2 is 1.83 bits per heavy atom. The normalized spacial score (nSPS) is 10.8. The fraction of sp³-hybridized carbons (Fsp3) is 0.588. The molecule has 2 N–H and O–H groups in total. The first-order chi connectivity index (χ1) is 10.8. The van der Waals surface area contributed by atoms with Gasteiger partial charge in [0.1, 0.15) is 0 Å². The Labute approximate surface area is 157 Å². The van der Waals surface area contributed by atoms with Crippen molar-refractivity contribution in [3.8, 4) is 0 Å². The molecule has 0 atom stereocenters. The Morgan fingerprint density at radius 3 is 2.43 bits per heavy atom. The number of benzene rings is 1. The third-order valence-corrected chi connectivity index (χ3v) is 3.37. The number of halogens is 1. The van der Waals surface area contributed by atoms with Crippen molar-refractivity contribution in [2.75, 3.05) is 51.3 Å². The SMILES string of the molecule is CCOCCNC(=NC)NCCCN(CC)c1ccccc1.I. The number of nitrogens with zero attached hydrogens (tertiary/aromatic N) is 2. The minimum atomic E-state index is 0. The highest BCUT2D eigenvalue weighted by Gasteiger charge is 2.03. The summed E-state index contributed by atoms with van der Waals surface area (Å²) in [6.07, 6.45) is 1.06. The largest absolute Gasteiger partial charge is 0.380 e. The van der Waals surface area contributed by atoms with E-state index in [1.807, 2.05) is 6.92 Å². The number of anilines is 1. The highest BCUT2D eigenvalue weighted by Crippen LogP contribution is 2.12. The van der Waals surface area contributed by atoms with Crippen molar-refractivity contribution in [1.29, 1.82) is 0 Å². The van der Waals surface area contributed by atoms with Gasteiger partial charge in [0.15, 0.2) is 5.96 Å². The van der Waals surface area contributed by atoms with Gasteiger partial charge >= 0.3 is 0 Å². The van der Waals surface area contributed by atoms with Gasteiger partial charge in [-0.25, -0.2) is 0 Å². The molecule has 0 bridgehead atoms. The van der Waals surface area contributed by atoms with Gasteiger partial charge in [0.25, 0.3) is 0 Å². The molecule has 1 aromatic carbocycles. The molecule has 1 aromatic rings. The number of aliphatic imine (C=N–C) groups is 1. The van der Waals surface area contributed by atoms with Crippen LogP contribution in [0.5, 0.6) is 0 Å². The summed E-state index contributed by atoms with van der Waals surface area (Å²) in [5, 5.41) is 6.57. The number of nitrogens with one attached hydrogen (secondary N) is 2. The van der Waals surface area contributed by atoms with Gasteiger partial charge in [0, 0.05) is 45.5 Å². The maximum absolute atomic E-state index is 5.30. The van der Waals surface area contributed by atoms with E-state index in [-0.39, 0.29) is 24.0 Å². The van der Waals surface area contributed by atoms with Gasteiger partial charge in [-0.15, -0.1) is 24.0 Å². The zero-order chi connectivity index (χ0) is 16.0. The molecule has 0 unspecified atom stereocenters. The van der Waals surface area contributed by atoms with Gasteiger partial charge in [-0.2, -0.15) is 0 Å². The highest BCUT2D eigenvalue weighted by atomic mass is 127. The van der Waals surface area contributed by atoms with E-state index >= 15 is 0 Å². The zero-order valence-electron chi connectivity index (χ0n) is 14.5. The molecular weight excluding hydrogens is 403 g/mol. The second-order valence-corrected chi connectivity index (χ2v) is 4.89. The first-order valence-corrected chi connectivity index (χ1v) is 8.14. The Bertz CT molecular complexity index is 414. The lowest BCUT2D eigenvalue weighted by Gasteiger charge is -2.23. The first kappa shape index (κ1) is 22.0. The summed E-state index contributed by atoms with van der Waals surface area (Å²) >= 11 is 0. The molecule has 132 valence electrons. The fourth-order valence-corrected chi connectivity index (χ4v) is 2.19. The van der Waals surface area contributed by atoms with Gasteiger partial charge in [0.05, 0.1) is 6.61 Å². The summed E-state index contributed by atoms with van der Waals surface area (Å²) in [5.41, 5.74) is 1.28. The number of guanidine groups is 1. The van der Waals surface area contributed by atoms with E-state index in [2.05, 4.69) is 57.8 Å². The summed E-state index contributed by atoms with van der Waals surface area (Å²) in [5.74, 6) is 0.836. The molecule has 0 aromatic heterocycles. The molecule has 0 radical (unpaired) electrons. The van der Waals surface area contributed by atoms with Gasteiger partial charge in [0.2, 0.25) is 0 Å². The van der Waals surface area contributed by atoms with E-state index in [0.717, 1.165) is 45.2 Å². The van der Waals surface area contributed by atoms with E-state index in [4.69, 9.17) is 4.74 Å². The maximum atomic E-state index is 5.30. The molecule has 0 aliphatic heterocycles. The molecule has 0 fully saturated rings. The molecule has 0 spiro atoms. The van der Waals surface area contributed by atoms with Crippen LogP contribution in [-0.2, 0) is 4.74 Å². The molecule has 1 rings (SSSR count). The smallest absolute Gasteiger partial charge is 0.191 e. The highest BCUT2D eigenvalue weighted by molar-refractivity contribution is 14.0. The Kier molecular flexibility index (Phi) is 13.9. The van der Waals surface area contributed by atoms with Crippen LogP contribution in [0, 0.1) is 0 Å². The zero-order valence-corrected chi connectivity index (χ0v) is 16.9. The van der Waals surface area contributed by atoms with E-state index in [9.17, 15) is 0 Å². The predicted molar refractivity (Wildman–Crippen MR) is 110 cm³/mol. The summed E-state index contributed by atoms with van der Waals surface area (Å²) < 4.78 is 5.30. The molecule has 0 aliphatic carbocycles. The minimum Gasteiger partial charge on any atom is -0.380 e. The van der Waals surface area contributed by atoms with Crippen LogP contribution in [0.3, 0.4) is 0 Å². The van der Waals surface area contributed by atoms with Crippen LogP contribution < -0.4 is 15.5 Å². The second-order valence-electron chi connectivity index (χ2n) is 4.89. The fourth-order valence-electron chi connectivity index (χ4n) is 2.19. The van der Waals surface area contributed by atoms with Crippen LogP contribution in [0.4, 0.5) is 5.69 Å². The number of hydrogen-bond acceptors (Lipinski definition) is 3. The molecule has 6 heteroatoms. The molecule has 5 nitrogen and oxygen atoms in total. The molecule has 23 heavy (non-hydrogen) atoms. The van der Waals surface area contributed by atoms with Crippen molar-refractivity contribution >= 4 is 35.6 Å². The van der Waals surface area contributed by atoms with Crippen LogP contribution >= 0.6 is 24.0 Å². The lowest BCUT2D eigenvalue weighted by molar-refractivity contribution is 0.152. The second kappa shape index (κ2) is 14.6. The van der Waals surface area contributed by atoms with Crippen LogP contribution in [0.15, 0.2) is 35.3 Å². The minimum absolute atomic E-state index is 0. The van der Waals surface area contributed by atoms with Crippen molar-refractivity contribution in [3.63, 3.8) is 0 Å². The third-order valence-electron chi connectivity index (χ3n) is 3.37. The topological polar surface area (TPSA) is 48.9 Å². The van der Waals surface area contributed by atoms with Crippen LogP contribution in [0.25, 0.3) is 0 Å². The van der Waals surface area contributed by atoms with E-state index in [1.54, 1.807) is 7.05 Å². The molecule has 0 amide bonds. The van der Waals surface area contributed by atoms with Crippen molar-refractivity contribution < 1.29 is 4.74 Å². The lowest BCUT2D eigenvalue weighted by atomic mass is 10.2.